The molecule has 0 aliphatic carbocycles. The maximum Gasteiger partial charge on any atom is 0.225 e. The summed E-state index contributed by atoms with van der Waals surface area (Å²) < 4.78 is 0. The van der Waals surface area contributed by atoms with Crippen molar-refractivity contribution in [3.63, 3.8) is 0 Å². The van der Waals surface area contributed by atoms with Crippen molar-refractivity contribution in [2.24, 2.45) is 0 Å². The molecule has 0 aliphatic rings. The van der Waals surface area contributed by atoms with E-state index in [1.807, 2.05) is 12.3 Å². The van der Waals surface area contributed by atoms with Crippen molar-refractivity contribution >= 4 is 5.95 Å². The second-order valence-electron chi connectivity index (χ2n) is 2.87. The SMILES string of the molecule is CCc1ccnc(N(CC)CC)n1. The first kappa shape index (κ1) is 9.96. The van der Waals surface area contributed by atoms with Crippen LogP contribution in [0.25, 0.3) is 0 Å². The van der Waals surface area contributed by atoms with E-state index in [9.17, 15) is 0 Å². The van der Waals surface area contributed by atoms with E-state index in [1.165, 1.54) is 0 Å². The minimum Gasteiger partial charge on any atom is -0.341 e. The number of aryl methyl sites for hydroxylation is 1. The second kappa shape index (κ2) is 4.80. The van der Waals surface area contributed by atoms with Gasteiger partial charge in [0.2, 0.25) is 5.95 Å². The van der Waals surface area contributed by atoms with Crippen molar-refractivity contribution in [1.29, 1.82) is 0 Å². The smallest absolute Gasteiger partial charge is 0.225 e. The van der Waals surface area contributed by atoms with Gasteiger partial charge in [0.05, 0.1) is 0 Å². The maximum absolute atomic E-state index is 4.45. The molecule has 1 rings (SSSR count). The van der Waals surface area contributed by atoms with Crippen LogP contribution in [0.1, 0.15) is 26.5 Å². The van der Waals surface area contributed by atoms with E-state index in [2.05, 4.69) is 35.6 Å². The molecule has 1 aromatic heterocycles. The van der Waals surface area contributed by atoms with Crippen LogP contribution in [0, 0.1) is 0 Å². The Labute approximate surface area is 79.8 Å². The minimum absolute atomic E-state index is 0.851. The second-order valence-corrected chi connectivity index (χ2v) is 2.87. The standard InChI is InChI=1S/C10H17N3/c1-4-9-7-8-11-10(12-9)13(5-2)6-3/h7-8H,4-6H2,1-3H3. The van der Waals surface area contributed by atoms with E-state index in [0.717, 1.165) is 31.2 Å². The highest BCUT2D eigenvalue weighted by molar-refractivity contribution is 5.29. The fourth-order valence-corrected chi connectivity index (χ4v) is 1.24. The number of aromatic nitrogens is 2. The molecule has 1 heterocycles. The topological polar surface area (TPSA) is 29.0 Å². The average molecular weight is 179 g/mol. The number of hydrogen-bond donors (Lipinski definition) is 0. The maximum atomic E-state index is 4.45. The van der Waals surface area contributed by atoms with E-state index in [4.69, 9.17) is 0 Å². The van der Waals surface area contributed by atoms with Gasteiger partial charge in [-0.25, -0.2) is 9.97 Å². The van der Waals surface area contributed by atoms with Gasteiger partial charge in [0.25, 0.3) is 0 Å². The zero-order chi connectivity index (χ0) is 9.68. The van der Waals surface area contributed by atoms with Gasteiger partial charge in [-0.3, -0.25) is 0 Å². The number of anilines is 1. The summed E-state index contributed by atoms with van der Waals surface area (Å²) >= 11 is 0. The number of hydrogen-bond acceptors (Lipinski definition) is 3. The fourth-order valence-electron chi connectivity index (χ4n) is 1.24. The van der Waals surface area contributed by atoms with Crippen molar-refractivity contribution < 1.29 is 0 Å². The summed E-state index contributed by atoms with van der Waals surface area (Å²) in [7, 11) is 0. The Morgan fingerprint density at radius 1 is 1.23 bits per heavy atom. The molecule has 3 nitrogen and oxygen atoms in total. The van der Waals surface area contributed by atoms with Crippen molar-refractivity contribution in [2.75, 3.05) is 18.0 Å². The summed E-state index contributed by atoms with van der Waals surface area (Å²) in [5.41, 5.74) is 1.11. The molecule has 0 atom stereocenters. The van der Waals surface area contributed by atoms with Gasteiger partial charge >= 0.3 is 0 Å². The highest BCUT2D eigenvalue weighted by Gasteiger charge is 2.04. The van der Waals surface area contributed by atoms with Crippen LogP contribution < -0.4 is 4.90 Å². The molecule has 0 aliphatic heterocycles. The van der Waals surface area contributed by atoms with Gasteiger partial charge in [-0.1, -0.05) is 6.92 Å². The van der Waals surface area contributed by atoms with E-state index in [-0.39, 0.29) is 0 Å². The molecule has 0 fully saturated rings. The van der Waals surface area contributed by atoms with Gasteiger partial charge in [-0.15, -0.1) is 0 Å². The predicted octanol–water partition coefficient (Wildman–Crippen LogP) is 1.89. The third-order valence-electron chi connectivity index (χ3n) is 2.11. The molecular formula is C10H17N3. The van der Waals surface area contributed by atoms with Gasteiger partial charge < -0.3 is 4.90 Å². The Balaban J connectivity index is 2.86. The summed E-state index contributed by atoms with van der Waals surface area (Å²) in [5.74, 6) is 0.851. The molecule has 1 aromatic rings. The monoisotopic (exact) mass is 179 g/mol. The Hall–Kier alpha value is -1.12. The first-order valence-electron chi connectivity index (χ1n) is 4.88. The molecule has 0 unspecified atom stereocenters. The lowest BCUT2D eigenvalue weighted by Crippen LogP contribution is -2.24. The van der Waals surface area contributed by atoms with Crippen molar-refractivity contribution in [1.82, 2.24) is 9.97 Å². The minimum atomic E-state index is 0.851. The van der Waals surface area contributed by atoms with Crippen LogP contribution >= 0.6 is 0 Å². The van der Waals surface area contributed by atoms with Gasteiger partial charge in [-0.2, -0.15) is 0 Å². The Bertz CT molecular complexity index is 256. The lowest BCUT2D eigenvalue weighted by molar-refractivity contribution is 0.810. The predicted molar refractivity (Wildman–Crippen MR) is 55.0 cm³/mol. The van der Waals surface area contributed by atoms with Gasteiger partial charge in [0.15, 0.2) is 0 Å². The molecule has 0 N–H and O–H groups in total. The first-order valence-corrected chi connectivity index (χ1v) is 4.88. The highest BCUT2D eigenvalue weighted by atomic mass is 15.2. The van der Waals surface area contributed by atoms with Gasteiger partial charge in [0, 0.05) is 25.0 Å². The van der Waals surface area contributed by atoms with Gasteiger partial charge in [0.1, 0.15) is 0 Å². The largest absolute Gasteiger partial charge is 0.341 e. The third kappa shape index (κ3) is 2.41. The van der Waals surface area contributed by atoms with Crippen molar-refractivity contribution in [3.05, 3.63) is 18.0 Å². The van der Waals surface area contributed by atoms with Crippen LogP contribution in [0.4, 0.5) is 5.95 Å². The molecule has 0 saturated heterocycles. The number of rotatable bonds is 4. The molecule has 0 aromatic carbocycles. The molecule has 0 radical (unpaired) electrons. The Kier molecular flexibility index (Phi) is 3.68. The first-order chi connectivity index (χ1) is 6.31. The van der Waals surface area contributed by atoms with Crippen LogP contribution in [-0.4, -0.2) is 23.1 Å². The van der Waals surface area contributed by atoms with E-state index in [1.54, 1.807) is 0 Å². The summed E-state index contributed by atoms with van der Waals surface area (Å²) in [5, 5.41) is 0. The Morgan fingerprint density at radius 3 is 2.46 bits per heavy atom. The van der Waals surface area contributed by atoms with Crippen LogP contribution in [0.2, 0.25) is 0 Å². The molecule has 3 heteroatoms. The lowest BCUT2D eigenvalue weighted by atomic mass is 10.3. The lowest BCUT2D eigenvalue weighted by Gasteiger charge is -2.18. The molecule has 0 saturated carbocycles. The molecule has 13 heavy (non-hydrogen) atoms. The van der Waals surface area contributed by atoms with Crippen LogP contribution in [0.15, 0.2) is 12.3 Å². The van der Waals surface area contributed by atoms with E-state index < -0.39 is 0 Å². The summed E-state index contributed by atoms with van der Waals surface area (Å²) in [6.07, 6.45) is 2.80. The van der Waals surface area contributed by atoms with Crippen molar-refractivity contribution in [3.8, 4) is 0 Å². The zero-order valence-corrected chi connectivity index (χ0v) is 8.62. The fraction of sp³-hybridized carbons (Fsp3) is 0.600. The highest BCUT2D eigenvalue weighted by Crippen LogP contribution is 2.06. The molecule has 0 spiro atoms. The number of nitrogens with zero attached hydrogens (tertiary/aromatic N) is 3. The summed E-state index contributed by atoms with van der Waals surface area (Å²) in [6, 6.07) is 1.97. The summed E-state index contributed by atoms with van der Waals surface area (Å²) in [6.45, 7) is 8.26. The van der Waals surface area contributed by atoms with Gasteiger partial charge in [-0.05, 0) is 26.3 Å². The third-order valence-corrected chi connectivity index (χ3v) is 2.11. The van der Waals surface area contributed by atoms with E-state index in [0.29, 0.717) is 0 Å². The summed E-state index contributed by atoms with van der Waals surface area (Å²) in [4.78, 5) is 10.8. The molecule has 72 valence electrons. The Morgan fingerprint density at radius 2 is 1.92 bits per heavy atom. The normalized spacial score (nSPS) is 10.1. The zero-order valence-electron chi connectivity index (χ0n) is 8.62. The molecular weight excluding hydrogens is 162 g/mol. The van der Waals surface area contributed by atoms with Crippen molar-refractivity contribution in [2.45, 2.75) is 27.2 Å². The quantitative estimate of drug-likeness (QED) is 0.706. The van der Waals surface area contributed by atoms with E-state index >= 15 is 0 Å². The van der Waals surface area contributed by atoms with Crippen LogP contribution in [-0.2, 0) is 6.42 Å². The van der Waals surface area contributed by atoms with Crippen LogP contribution in [0.3, 0.4) is 0 Å². The average Bonchev–Trinajstić information content (AvgIpc) is 2.20. The molecule has 0 amide bonds. The molecule has 0 bridgehead atoms. The van der Waals surface area contributed by atoms with Crippen LogP contribution in [0.5, 0.6) is 0 Å².